The molecule has 90 heavy (non-hydrogen) atoms. The second kappa shape index (κ2) is 35.9. The number of amides is 12. The molecular formula is C57H77N19O14. The summed E-state index contributed by atoms with van der Waals surface area (Å²) in [6, 6.07) is 9.71. The Bertz CT molecular complexity index is 3330. The highest BCUT2D eigenvalue weighted by Crippen LogP contribution is 2.28. The second-order valence-corrected chi connectivity index (χ2v) is 19.4. The third-order valence-electron chi connectivity index (χ3n) is 12.8. The molecule has 0 saturated heterocycles. The van der Waals surface area contributed by atoms with E-state index < -0.39 is 83.5 Å². The van der Waals surface area contributed by atoms with Crippen molar-refractivity contribution in [3.63, 3.8) is 0 Å². The number of methoxy groups -OCH3 is 4. The maximum atomic E-state index is 14.3. The molecule has 33 heteroatoms. The van der Waals surface area contributed by atoms with Crippen LogP contribution in [0, 0.1) is 0 Å². The van der Waals surface area contributed by atoms with Crippen molar-refractivity contribution >= 4 is 94.0 Å². The Hall–Kier alpha value is -11.4. The normalized spacial score (nSPS) is 12.0. The monoisotopic (exact) mass is 1250 g/mol. The van der Waals surface area contributed by atoms with Crippen LogP contribution >= 0.6 is 0 Å². The zero-order valence-electron chi connectivity index (χ0n) is 49.9. The Balaban J connectivity index is 1.61. The number of ether oxygens (including phenoxy) is 4. The van der Waals surface area contributed by atoms with Crippen molar-refractivity contribution in [2.24, 2.45) is 55.9 Å². The lowest BCUT2D eigenvalue weighted by Crippen LogP contribution is -2.45. The molecule has 0 radical (unpaired) electrons. The summed E-state index contributed by atoms with van der Waals surface area (Å²) in [4.78, 5) is 141. The highest BCUT2D eigenvalue weighted by Gasteiger charge is 2.29. The van der Waals surface area contributed by atoms with Gasteiger partial charge in [-0.25, -0.2) is 9.59 Å². The summed E-state index contributed by atoms with van der Waals surface area (Å²) in [6.45, 7) is 0.394. The zero-order valence-corrected chi connectivity index (χ0v) is 49.9. The molecule has 0 saturated carbocycles. The van der Waals surface area contributed by atoms with Crippen molar-refractivity contribution in [2.45, 2.75) is 69.1 Å². The first-order valence-corrected chi connectivity index (χ1v) is 27.7. The fraction of sp³-hybridized carbons (Fsp3) is 0.333. The molecule has 484 valence electrons. The van der Waals surface area contributed by atoms with Gasteiger partial charge in [-0.15, -0.1) is 0 Å². The van der Waals surface area contributed by atoms with Gasteiger partial charge >= 0.3 is 12.1 Å². The standard InChI is InChI=1S/C57H77N19O14/c1-87-42-18-14-30(26-34(42)46(59)77)71-51(82)39(11-5-6-22-66-54(60)61)74-47(78)36-28-32(16-20-44(36)89-3)72-53(84)41(13-9-25-69-57(65)86)76-49(80)37-29-33(17-21-45(37)90-4)73-52(83)40(12-8-24-68-56(64)85)75-48(79)35-27-31(15-19-43(35)88-2)70-50(81)38(58)10-7-23-67-55(62)63/h5,11,14-21,26-29,38-41H,6-10,12-13,22-25,58H2,1-4H3,(H2,59,77)(H,70,81)(H,71,82)(H,72,84)(H,73,83)(H,74,78)(H,75,79)(H,76,80)(H4,60,61,66)(H4,62,63,67)(H3,64,68,85)(H3,65,69,86). The molecule has 12 amide bonds. The Morgan fingerprint density at radius 2 is 0.822 bits per heavy atom. The molecule has 4 unspecified atom stereocenters. The van der Waals surface area contributed by atoms with Crippen molar-refractivity contribution < 1.29 is 66.9 Å². The number of anilines is 4. The summed E-state index contributed by atoms with van der Waals surface area (Å²) in [5, 5.41) is 23.5. The largest absolute Gasteiger partial charge is 0.496 e. The molecule has 4 rings (SSSR count). The van der Waals surface area contributed by atoms with Crippen molar-refractivity contribution in [3.8, 4) is 23.0 Å². The van der Waals surface area contributed by atoms with Gasteiger partial charge in [-0.2, -0.15) is 0 Å². The lowest BCUT2D eigenvalue weighted by atomic mass is 10.1. The highest BCUT2D eigenvalue weighted by molar-refractivity contribution is 6.08. The number of guanidine groups is 2. The molecule has 4 atom stereocenters. The zero-order chi connectivity index (χ0) is 66.5. The van der Waals surface area contributed by atoms with E-state index in [1.807, 2.05) is 0 Å². The molecule has 25 N–H and O–H groups in total. The van der Waals surface area contributed by atoms with Crippen molar-refractivity contribution in [2.75, 3.05) is 75.9 Å². The summed E-state index contributed by atoms with van der Waals surface area (Å²) in [6.07, 6.45) is 3.86. The first-order valence-electron chi connectivity index (χ1n) is 27.7. The number of rotatable bonds is 35. The molecule has 0 heterocycles. The van der Waals surface area contributed by atoms with Crippen LogP contribution in [-0.4, -0.2) is 150 Å². The van der Waals surface area contributed by atoms with Crippen LogP contribution in [-0.2, 0) is 19.2 Å². The van der Waals surface area contributed by atoms with E-state index in [4.69, 9.17) is 64.8 Å². The van der Waals surface area contributed by atoms with E-state index in [0.29, 0.717) is 6.42 Å². The predicted octanol–water partition coefficient (Wildman–Crippen LogP) is -0.533. The Morgan fingerprint density at radius 3 is 1.21 bits per heavy atom. The van der Waals surface area contributed by atoms with Gasteiger partial charge in [0.2, 0.25) is 17.7 Å². The first kappa shape index (κ1) is 71.1. The number of urea groups is 2. The molecule has 0 aromatic heterocycles. The van der Waals surface area contributed by atoms with E-state index in [2.05, 4.69) is 57.8 Å². The number of hydrogen-bond donors (Lipinski definition) is 17. The first-order chi connectivity index (χ1) is 42.9. The number of nitrogens with zero attached hydrogens (tertiary/aromatic N) is 2. The summed E-state index contributed by atoms with van der Waals surface area (Å²) in [5.41, 5.74) is 43.7. The smallest absolute Gasteiger partial charge is 0.312 e. The Labute approximate surface area is 516 Å². The van der Waals surface area contributed by atoms with Gasteiger partial charge in [-0.1, -0.05) is 12.2 Å². The number of nitrogens with one attached hydrogen (secondary N) is 9. The predicted molar refractivity (Wildman–Crippen MR) is 335 cm³/mol. The minimum Gasteiger partial charge on any atom is -0.496 e. The lowest BCUT2D eigenvalue weighted by Gasteiger charge is -2.21. The molecule has 4 aromatic carbocycles. The van der Waals surface area contributed by atoms with Crippen molar-refractivity contribution in [3.05, 3.63) is 107 Å². The van der Waals surface area contributed by atoms with Crippen LogP contribution in [0.3, 0.4) is 0 Å². The van der Waals surface area contributed by atoms with Crippen LogP contribution in [0.15, 0.2) is 94.9 Å². The van der Waals surface area contributed by atoms with Gasteiger partial charge in [0.05, 0.1) is 56.7 Å². The topological polar surface area (TPSA) is 549 Å². The van der Waals surface area contributed by atoms with E-state index in [0.717, 1.165) is 0 Å². The second-order valence-electron chi connectivity index (χ2n) is 19.4. The molecule has 0 aliphatic rings. The fourth-order valence-corrected chi connectivity index (χ4v) is 8.40. The summed E-state index contributed by atoms with van der Waals surface area (Å²) in [5.74, 6) is -6.34. The molecule has 0 fully saturated rings. The number of carbonyl (C=O) groups excluding carboxylic acids is 10. The third-order valence-corrected chi connectivity index (χ3v) is 12.8. The van der Waals surface area contributed by atoms with Crippen LogP contribution in [0.4, 0.5) is 32.3 Å². The fourth-order valence-electron chi connectivity index (χ4n) is 8.40. The van der Waals surface area contributed by atoms with Gasteiger partial charge in [0, 0.05) is 48.9 Å². The van der Waals surface area contributed by atoms with E-state index in [1.54, 1.807) is 6.08 Å². The van der Waals surface area contributed by atoms with Gasteiger partial charge in [0.25, 0.3) is 29.5 Å². The van der Waals surface area contributed by atoms with E-state index >= 15 is 0 Å². The van der Waals surface area contributed by atoms with Gasteiger partial charge in [0.15, 0.2) is 11.9 Å². The van der Waals surface area contributed by atoms with Crippen LogP contribution in [0.25, 0.3) is 0 Å². The number of carbonyl (C=O) groups is 10. The lowest BCUT2D eigenvalue weighted by molar-refractivity contribution is -0.118. The van der Waals surface area contributed by atoms with Gasteiger partial charge in [-0.3, -0.25) is 48.3 Å². The van der Waals surface area contributed by atoms with Crippen LogP contribution < -0.4 is 113 Å². The minimum absolute atomic E-state index is 0.00536. The van der Waals surface area contributed by atoms with Crippen LogP contribution in [0.5, 0.6) is 23.0 Å². The number of nitrogens with two attached hydrogens (primary N) is 8. The molecule has 33 nitrogen and oxygen atoms in total. The summed E-state index contributed by atoms with van der Waals surface area (Å²) < 4.78 is 21.6. The molecule has 0 aliphatic heterocycles. The SMILES string of the molecule is COc1ccc(NC(=O)C(C=CCCN=C(N)N)NC(=O)c2cc(NC(=O)C(CCCNC(N)=O)NC(=O)c3cc(NC(=O)C(CCCNC(N)=O)NC(=O)c4cc(NC(=O)C(N)CCCN=C(N)N)ccc4OC)ccc3OC)ccc2OC)cc1C(N)=O. The van der Waals surface area contributed by atoms with Crippen LogP contribution in [0.1, 0.15) is 86.4 Å². The average molecular weight is 1250 g/mol. The average Bonchev–Trinajstić information content (AvgIpc) is 1.000. The highest BCUT2D eigenvalue weighted by atomic mass is 16.5. The van der Waals surface area contributed by atoms with Crippen LogP contribution in [0.2, 0.25) is 0 Å². The molecular weight excluding hydrogens is 1170 g/mol. The van der Waals surface area contributed by atoms with E-state index in [9.17, 15) is 47.9 Å². The van der Waals surface area contributed by atoms with Gasteiger partial charge in [-0.05, 0) is 118 Å². The number of hydrogen-bond acceptors (Lipinski definition) is 17. The summed E-state index contributed by atoms with van der Waals surface area (Å²) >= 11 is 0. The number of aliphatic imine (C=N–C) groups is 2. The quantitative estimate of drug-likeness (QED) is 0.0119. The van der Waals surface area contributed by atoms with Gasteiger partial charge in [0.1, 0.15) is 41.1 Å². The minimum atomic E-state index is -1.38. The molecule has 0 aliphatic carbocycles. The summed E-state index contributed by atoms with van der Waals surface area (Å²) in [7, 11) is 5.20. The Kier molecular flexibility index (Phi) is 28.4. The third kappa shape index (κ3) is 23.1. The maximum Gasteiger partial charge on any atom is 0.312 e. The van der Waals surface area contributed by atoms with Gasteiger partial charge < -0.3 is 113 Å². The van der Waals surface area contributed by atoms with Crippen molar-refractivity contribution in [1.29, 1.82) is 0 Å². The van der Waals surface area contributed by atoms with E-state index in [1.165, 1.54) is 107 Å². The maximum absolute atomic E-state index is 14.3. The number of primary amides is 3. The van der Waals surface area contributed by atoms with E-state index in [-0.39, 0.29) is 145 Å². The van der Waals surface area contributed by atoms with Crippen molar-refractivity contribution in [1.82, 2.24) is 26.6 Å². The molecule has 4 aromatic rings. The molecule has 0 spiro atoms. The Morgan fingerprint density at radius 1 is 0.456 bits per heavy atom. The number of benzene rings is 4. The molecule has 0 bridgehead atoms.